The number of carbonyl (C=O) groups is 2. The van der Waals surface area contributed by atoms with Gasteiger partial charge in [-0.1, -0.05) is 19.6 Å². The molecular formula is C9H11F7O2Si. The van der Waals surface area contributed by atoms with Gasteiger partial charge in [0, 0.05) is 0 Å². The molecule has 0 aliphatic rings. The van der Waals surface area contributed by atoms with Crippen LogP contribution in [-0.4, -0.2) is 37.3 Å². The molecule has 0 heterocycles. The molecule has 0 aromatic carbocycles. The van der Waals surface area contributed by atoms with Crippen LogP contribution in [0.15, 0.2) is 0 Å². The molecule has 0 amide bonds. The molecule has 0 aliphatic carbocycles. The maximum atomic E-state index is 12.9. The average molecular weight is 312 g/mol. The lowest BCUT2D eigenvalue weighted by atomic mass is 10.0. The fourth-order valence-electron chi connectivity index (χ4n) is 0.875. The lowest BCUT2D eigenvalue weighted by Gasteiger charge is -2.27. The lowest BCUT2D eigenvalue weighted by Crippen LogP contribution is -2.57. The molecular weight excluding hydrogens is 301 g/mol. The van der Waals surface area contributed by atoms with Crippen LogP contribution in [0.1, 0.15) is 6.42 Å². The normalized spacial score (nSPS) is 14.4. The van der Waals surface area contributed by atoms with Crippen LogP contribution in [0.3, 0.4) is 0 Å². The maximum absolute atomic E-state index is 12.9. The Morgan fingerprint density at radius 2 is 1.26 bits per heavy atom. The molecule has 2 nitrogen and oxygen atoms in total. The van der Waals surface area contributed by atoms with E-state index in [0.717, 1.165) is 0 Å². The zero-order valence-corrected chi connectivity index (χ0v) is 11.2. The Kier molecular flexibility index (Phi) is 4.63. The van der Waals surface area contributed by atoms with Crippen molar-refractivity contribution in [2.45, 2.75) is 44.1 Å². The van der Waals surface area contributed by atoms with E-state index in [4.69, 9.17) is 0 Å². The number of hydrogen-bond donors (Lipinski definition) is 0. The Labute approximate surface area is 105 Å². The number of Topliss-reactive ketones (excluding diaryl/α,β-unsaturated/α-hetero) is 1. The van der Waals surface area contributed by atoms with E-state index in [0.29, 0.717) is 0 Å². The summed E-state index contributed by atoms with van der Waals surface area (Å²) in [4.78, 5) is 22.2. The van der Waals surface area contributed by atoms with Crippen LogP contribution in [0.5, 0.6) is 0 Å². The van der Waals surface area contributed by atoms with Gasteiger partial charge < -0.3 is 4.79 Å². The number of carbonyl (C=O) groups excluding carboxylic acids is 2. The largest absolute Gasteiger partial charge is 0.460 e. The predicted molar refractivity (Wildman–Crippen MR) is 53.9 cm³/mol. The van der Waals surface area contributed by atoms with Gasteiger partial charge in [0.1, 0.15) is 13.5 Å². The average Bonchev–Trinajstić information content (AvgIpc) is 2.13. The van der Waals surface area contributed by atoms with E-state index in [1.54, 1.807) is 0 Å². The van der Waals surface area contributed by atoms with Crippen molar-refractivity contribution in [1.29, 1.82) is 0 Å². The van der Waals surface area contributed by atoms with Gasteiger partial charge in [0.15, 0.2) is 0 Å². The van der Waals surface area contributed by atoms with Crippen molar-refractivity contribution in [2.24, 2.45) is 0 Å². The summed E-state index contributed by atoms with van der Waals surface area (Å²) in [7, 11) is -2.73. The molecule has 0 aliphatic heterocycles. The van der Waals surface area contributed by atoms with Crippen LogP contribution in [-0.2, 0) is 9.59 Å². The second kappa shape index (κ2) is 4.87. The van der Waals surface area contributed by atoms with E-state index in [2.05, 4.69) is 0 Å². The Hall–Kier alpha value is -0.933. The van der Waals surface area contributed by atoms with Gasteiger partial charge in [0.25, 0.3) is 0 Å². The molecule has 0 saturated heterocycles. The van der Waals surface area contributed by atoms with E-state index in [1.165, 1.54) is 19.6 Å². The second-order valence-electron chi connectivity index (χ2n) is 4.92. The smallest absolute Gasteiger partial charge is 0.305 e. The maximum Gasteiger partial charge on any atom is 0.460 e. The van der Waals surface area contributed by atoms with Crippen molar-refractivity contribution < 1.29 is 40.3 Å². The monoisotopic (exact) mass is 312 g/mol. The Balaban J connectivity index is 5.25. The summed E-state index contributed by atoms with van der Waals surface area (Å²) in [5, 5.41) is -1.02. The topological polar surface area (TPSA) is 34.1 Å². The standard InChI is InChI=1S/C9H11F7O2Si/c1-19(2,3)6(18)4-5(17)7(10,11)8(12,13)9(14,15)16/h4H2,1-3H3. The molecule has 0 N–H and O–H groups in total. The third kappa shape index (κ3) is 3.54. The molecule has 0 radical (unpaired) electrons. The molecule has 19 heavy (non-hydrogen) atoms. The van der Waals surface area contributed by atoms with Crippen LogP contribution in [0.25, 0.3) is 0 Å². The quantitative estimate of drug-likeness (QED) is 0.444. The van der Waals surface area contributed by atoms with Gasteiger partial charge in [-0.05, 0) is 0 Å². The van der Waals surface area contributed by atoms with Crippen molar-refractivity contribution in [3.8, 4) is 0 Å². The van der Waals surface area contributed by atoms with Crippen LogP contribution in [0, 0.1) is 0 Å². The molecule has 0 fully saturated rings. The Morgan fingerprint density at radius 3 is 1.53 bits per heavy atom. The summed E-state index contributed by atoms with van der Waals surface area (Å²) in [5.74, 6) is -15.2. The second-order valence-corrected chi connectivity index (χ2v) is 9.98. The highest BCUT2D eigenvalue weighted by Gasteiger charge is 2.75. The van der Waals surface area contributed by atoms with Gasteiger partial charge in [-0.2, -0.15) is 30.7 Å². The Bertz CT molecular complexity index is 381. The molecule has 0 aromatic heterocycles. The highest BCUT2D eigenvalue weighted by Crippen LogP contribution is 2.47. The van der Waals surface area contributed by atoms with E-state index in [-0.39, 0.29) is 0 Å². The Morgan fingerprint density at radius 1 is 0.895 bits per heavy atom. The first-order valence-corrected chi connectivity index (χ1v) is 8.44. The minimum absolute atomic E-state index is 1.02. The zero-order chi connectivity index (χ0) is 15.9. The summed E-state index contributed by atoms with van der Waals surface area (Å²) in [6.45, 7) is 4.05. The lowest BCUT2D eigenvalue weighted by molar-refractivity contribution is -0.343. The van der Waals surface area contributed by atoms with Crippen LogP contribution < -0.4 is 0 Å². The van der Waals surface area contributed by atoms with Crippen molar-refractivity contribution >= 4 is 19.3 Å². The third-order valence-electron chi connectivity index (χ3n) is 2.26. The molecule has 10 heteroatoms. The molecule has 0 aromatic rings. The first-order chi connectivity index (χ1) is 8.05. The molecule has 0 spiro atoms. The first-order valence-electron chi connectivity index (χ1n) is 4.94. The summed E-state index contributed by atoms with van der Waals surface area (Å²) in [6, 6.07) is 0. The fraction of sp³-hybridized carbons (Fsp3) is 0.778. The predicted octanol–water partition coefficient (Wildman–Crippen LogP) is 3.23. The van der Waals surface area contributed by atoms with E-state index >= 15 is 0 Å². The van der Waals surface area contributed by atoms with Gasteiger partial charge >= 0.3 is 18.0 Å². The van der Waals surface area contributed by atoms with Crippen LogP contribution >= 0.6 is 0 Å². The van der Waals surface area contributed by atoms with Gasteiger partial charge in [0.05, 0.1) is 6.42 Å². The van der Waals surface area contributed by atoms with Crippen LogP contribution in [0.2, 0.25) is 19.6 Å². The number of halogens is 7. The highest BCUT2D eigenvalue weighted by molar-refractivity contribution is 7.03. The minimum Gasteiger partial charge on any atom is -0.305 e. The van der Waals surface area contributed by atoms with Crippen molar-refractivity contribution in [1.82, 2.24) is 0 Å². The number of ketones is 1. The summed E-state index contributed by atoms with van der Waals surface area (Å²) in [5.41, 5.74) is 0. The third-order valence-corrected chi connectivity index (χ3v) is 4.11. The molecule has 0 atom stereocenters. The highest BCUT2D eigenvalue weighted by atomic mass is 28.3. The summed E-state index contributed by atoms with van der Waals surface area (Å²) < 4.78 is 86.2. The molecule has 0 rings (SSSR count). The summed E-state index contributed by atoms with van der Waals surface area (Å²) >= 11 is 0. The molecule has 112 valence electrons. The summed E-state index contributed by atoms with van der Waals surface area (Å²) in [6.07, 6.45) is -8.21. The van der Waals surface area contributed by atoms with Crippen LogP contribution in [0.4, 0.5) is 30.7 Å². The van der Waals surface area contributed by atoms with E-state index in [9.17, 15) is 40.3 Å². The van der Waals surface area contributed by atoms with Gasteiger partial charge in [-0.15, -0.1) is 0 Å². The minimum atomic E-state index is -6.58. The van der Waals surface area contributed by atoms with Gasteiger partial charge in [-0.3, -0.25) is 4.79 Å². The van der Waals surface area contributed by atoms with Crippen molar-refractivity contribution in [3.05, 3.63) is 0 Å². The molecule has 0 bridgehead atoms. The number of hydrogen-bond acceptors (Lipinski definition) is 2. The van der Waals surface area contributed by atoms with Gasteiger partial charge in [-0.25, -0.2) is 0 Å². The van der Waals surface area contributed by atoms with E-state index < -0.39 is 43.7 Å². The zero-order valence-electron chi connectivity index (χ0n) is 10.2. The fourth-order valence-corrected chi connectivity index (χ4v) is 1.57. The van der Waals surface area contributed by atoms with Gasteiger partial charge in [0.2, 0.25) is 5.78 Å². The SMILES string of the molecule is C[Si](C)(C)C(=O)CC(=O)C(F)(F)C(F)(F)C(F)(F)F. The molecule has 0 unspecified atom stereocenters. The van der Waals surface area contributed by atoms with E-state index in [1.807, 2.05) is 0 Å². The number of rotatable bonds is 5. The van der Waals surface area contributed by atoms with Crippen molar-refractivity contribution in [3.63, 3.8) is 0 Å². The molecule has 0 saturated carbocycles. The number of alkyl halides is 7. The van der Waals surface area contributed by atoms with Crippen molar-refractivity contribution in [2.75, 3.05) is 0 Å². The first kappa shape index (κ1) is 18.1.